The molecule has 0 unspecified atom stereocenters. The summed E-state index contributed by atoms with van der Waals surface area (Å²) in [6.45, 7) is 0. The van der Waals surface area contributed by atoms with Crippen LogP contribution in [0.3, 0.4) is 0 Å². The Morgan fingerprint density at radius 2 is 1.22 bits per heavy atom. The SMILES string of the molecule is O=C([O-])CCC(=O)[O-].[Pd+2]. The van der Waals surface area contributed by atoms with Gasteiger partial charge in [0.2, 0.25) is 0 Å². The van der Waals surface area contributed by atoms with Crippen LogP contribution in [0.4, 0.5) is 0 Å². The summed E-state index contributed by atoms with van der Waals surface area (Å²) in [5.41, 5.74) is 0. The molecule has 0 N–H and O–H groups in total. The van der Waals surface area contributed by atoms with Crippen LogP contribution >= 0.6 is 0 Å². The van der Waals surface area contributed by atoms with Gasteiger partial charge in [-0.2, -0.15) is 0 Å². The van der Waals surface area contributed by atoms with Gasteiger partial charge in [-0.25, -0.2) is 0 Å². The zero-order valence-corrected chi connectivity index (χ0v) is 5.92. The van der Waals surface area contributed by atoms with Crippen LogP contribution in [0.1, 0.15) is 12.8 Å². The molecule has 0 spiro atoms. The van der Waals surface area contributed by atoms with Crippen molar-refractivity contribution in [2.45, 2.75) is 12.8 Å². The van der Waals surface area contributed by atoms with E-state index >= 15 is 0 Å². The molecule has 0 aromatic rings. The predicted octanol–water partition coefficient (Wildman–Crippen LogP) is -2.74. The number of aliphatic carboxylic acids is 2. The summed E-state index contributed by atoms with van der Waals surface area (Å²) >= 11 is 0. The van der Waals surface area contributed by atoms with Crippen LogP contribution in [0.25, 0.3) is 0 Å². The van der Waals surface area contributed by atoms with Crippen molar-refractivity contribution in [3.8, 4) is 0 Å². The summed E-state index contributed by atoms with van der Waals surface area (Å²) in [4.78, 5) is 19.0. The average Bonchev–Trinajstić information content (AvgIpc) is 1.61. The molecule has 0 aromatic heterocycles. The van der Waals surface area contributed by atoms with Gasteiger partial charge in [0.1, 0.15) is 0 Å². The van der Waals surface area contributed by atoms with E-state index in [0.29, 0.717) is 0 Å². The van der Waals surface area contributed by atoms with Gasteiger partial charge >= 0.3 is 20.4 Å². The first-order valence-corrected chi connectivity index (χ1v) is 2.02. The van der Waals surface area contributed by atoms with Gasteiger partial charge in [0.25, 0.3) is 0 Å². The smallest absolute Gasteiger partial charge is 0.550 e. The molecular formula is C4H4O4Pd. The summed E-state index contributed by atoms with van der Waals surface area (Å²) in [5.74, 6) is -2.73. The second-order valence-corrected chi connectivity index (χ2v) is 1.24. The minimum absolute atomic E-state index is 0. The van der Waals surface area contributed by atoms with Crippen LogP contribution < -0.4 is 10.2 Å². The molecule has 0 fully saturated rings. The number of carbonyl (C=O) groups is 2. The van der Waals surface area contributed by atoms with Crippen LogP contribution in [0.2, 0.25) is 0 Å². The maximum Gasteiger partial charge on any atom is 2.00 e. The first-order valence-electron chi connectivity index (χ1n) is 2.02. The molecule has 0 amide bonds. The van der Waals surface area contributed by atoms with E-state index < -0.39 is 24.8 Å². The maximum atomic E-state index is 9.50. The van der Waals surface area contributed by atoms with Gasteiger partial charge in [-0.15, -0.1) is 0 Å². The first-order chi connectivity index (χ1) is 3.63. The monoisotopic (exact) mass is 222 g/mol. The van der Waals surface area contributed by atoms with Crippen LogP contribution in [-0.2, 0) is 30.0 Å². The molecule has 0 saturated carbocycles. The molecular weight excluding hydrogens is 218 g/mol. The molecule has 9 heavy (non-hydrogen) atoms. The second-order valence-electron chi connectivity index (χ2n) is 1.24. The Hall–Kier alpha value is -0.398. The van der Waals surface area contributed by atoms with Crippen molar-refractivity contribution in [1.82, 2.24) is 0 Å². The van der Waals surface area contributed by atoms with Crippen LogP contribution in [-0.4, -0.2) is 11.9 Å². The zero-order chi connectivity index (χ0) is 6.57. The van der Waals surface area contributed by atoms with Crippen molar-refractivity contribution in [2.24, 2.45) is 0 Å². The summed E-state index contributed by atoms with van der Waals surface area (Å²) in [5, 5.41) is 19.0. The quantitative estimate of drug-likeness (QED) is 0.486. The fraction of sp³-hybridized carbons (Fsp3) is 0.500. The van der Waals surface area contributed by atoms with Gasteiger partial charge in [0.05, 0.1) is 0 Å². The average molecular weight is 222 g/mol. The fourth-order valence-electron chi connectivity index (χ4n) is 0.204. The fourth-order valence-corrected chi connectivity index (χ4v) is 0.204. The van der Waals surface area contributed by atoms with Gasteiger partial charge in [0, 0.05) is 11.9 Å². The van der Waals surface area contributed by atoms with Crippen LogP contribution in [0, 0.1) is 0 Å². The van der Waals surface area contributed by atoms with E-state index in [9.17, 15) is 19.8 Å². The maximum absolute atomic E-state index is 9.50. The molecule has 0 radical (unpaired) electrons. The van der Waals surface area contributed by atoms with Crippen LogP contribution in [0.5, 0.6) is 0 Å². The number of hydrogen-bond donors (Lipinski definition) is 0. The van der Waals surface area contributed by atoms with Gasteiger partial charge in [-0.1, -0.05) is 0 Å². The zero-order valence-electron chi connectivity index (χ0n) is 4.36. The van der Waals surface area contributed by atoms with E-state index in [1.165, 1.54) is 0 Å². The van der Waals surface area contributed by atoms with E-state index in [1.807, 2.05) is 0 Å². The second kappa shape index (κ2) is 5.73. The normalized spacial score (nSPS) is 7.56. The standard InChI is InChI=1S/C4H6O4.Pd/c5-3(6)1-2-4(7)8;/h1-2H2,(H,5,6)(H,7,8);/q;+2/p-2. The Kier molecular flexibility index (Phi) is 7.27. The molecule has 0 aliphatic rings. The van der Waals surface area contributed by atoms with Gasteiger partial charge in [0.15, 0.2) is 0 Å². The van der Waals surface area contributed by atoms with E-state index in [2.05, 4.69) is 0 Å². The molecule has 0 heterocycles. The van der Waals surface area contributed by atoms with Crippen molar-refractivity contribution in [2.75, 3.05) is 0 Å². The predicted molar refractivity (Wildman–Crippen MR) is 19.2 cm³/mol. The molecule has 5 heteroatoms. The minimum atomic E-state index is -1.37. The third-order valence-corrected chi connectivity index (χ3v) is 0.533. The third-order valence-electron chi connectivity index (χ3n) is 0.533. The third kappa shape index (κ3) is 11.3. The molecule has 0 aliphatic carbocycles. The largest absolute Gasteiger partial charge is 2.00 e. The summed E-state index contributed by atoms with van der Waals surface area (Å²) < 4.78 is 0. The topological polar surface area (TPSA) is 80.3 Å². The number of rotatable bonds is 3. The summed E-state index contributed by atoms with van der Waals surface area (Å²) in [6.07, 6.45) is -0.940. The molecule has 0 saturated heterocycles. The van der Waals surface area contributed by atoms with E-state index in [0.717, 1.165) is 0 Å². The van der Waals surface area contributed by atoms with Crippen molar-refractivity contribution in [3.05, 3.63) is 0 Å². The Balaban J connectivity index is 0. The molecule has 0 aliphatic heterocycles. The number of carboxylic acid groups (broad SMARTS) is 2. The van der Waals surface area contributed by atoms with Crippen molar-refractivity contribution in [1.29, 1.82) is 0 Å². The van der Waals surface area contributed by atoms with E-state index in [-0.39, 0.29) is 20.4 Å². The van der Waals surface area contributed by atoms with Crippen molar-refractivity contribution < 1.29 is 40.2 Å². The van der Waals surface area contributed by atoms with Crippen molar-refractivity contribution in [3.63, 3.8) is 0 Å². The minimum Gasteiger partial charge on any atom is -0.550 e. The number of hydrogen-bond acceptors (Lipinski definition) is 4. The van der Waals surface area contributed by atoms with Crippen molar-refractivity contribution >= 4 is 11.9 Å². The molecule has 0 rings (SSSR count). The van der Waals surface area contributed by atoms with Crippen LogP contribution in [0.15, 0.2) is 0 Å². The summed E-state index contributed by atoms with van der Waals surface area (Å²) in [7, 11) is 0. The molecule has 54 valence electrons. The first kappa shape index (κ1) is 11.4. The molecule has 0 aromatic carbocycles. The van der Waals surface area contributed by atoms with E-state index in [1.54, 1.807) is 0 Å². The van der Waals surface area contributed by atoms with Gasteiger partial charge in [-0.3, -0.25) is 0 Å². The molecule has 0 bridgehead atoms. The Morgan fingerprint density at radius 1 is 1.00 bits per heavy atom. The summed E-state index contributed by atoms with van der Waals surface area (Å²) in [6, 6.07) is 0. The van der Waals surface area contributed by atoms with Gasteiger partial charge < -0.3 is 19.8 Å². The number of carboxylic acids is 2. The number of carbonyl (C=O) groups excluding carboxylic acids is 2. The molecule has 0 atom stereocenters. The Labute approximate surface area is 65.5 Å². The molecule has 4 nitrogen and oxygen atoms in total. The van der Waals surface area contributed by atoms with E-state index in [4.69, 9.17) is 0 Å². The Bertz CT molecular complexity index is 97.1. The van der Waals surface area contributed by atoms with Gasteiger partial charge in [-0.05, 0) is 12.8 Å². The Morgan fingerprint density at radius 3 is 1.33 bits per heavy atom.